The minimum Gasteiger partial charge on any atom is -0.320 e. The summed E-state index contributed by atoms with van der Waals surface area (Å²) in [5, 5.41) is 0.362. The van der Waals surface area contributed by atoms with Crippen molar-refractivity contribution in [2.24, 2.45) is 5.73 Å². The SMILES string of the molecule is CC(C)c1ccc(C(N)c2c(F)cccc2Cl)cc1. The highest BCUT2D eigenvalue weighted by Gasteiger charge is 2.17. The number of hydrogen-bond donors (Lipinski definition) is 1. The van der Waals surface area contributed by atoms with Gasteiger partial charge in [-0.3, -0.25) is 0 Å². The Morgan fingerprint density at radius 2 is 1.58 bits per heavy atom. The third kappa shape index (κ3) is 2.96. The Kier molecular flexibility index (Phi) is 4.23. The minimum absolute atomic E-state index is 0.349. The van der Waals surface area contributed by atoms with Crippen LogP contribution in [-0.2, 0) is 0 Å². The maximum atomic E-state index is 13.8. The summed E-state index contributed by atoms with van der Waals surface area (Å²) >= 11 is 6.04. The first-order chi connectivity index (χ1) is 9.00. The molecule has 0 saturated carbocycles. The van der Waals surface area contributed by atoms with Crippen molar-refractivity contribution < 1.29 is 4.39 Å². The van der Waals surface area contributed by atoms with Gasteiger partial charge >= 0.3 is 0 Å². The Morgan fingerprint density at radius 1 is 1.00 bits per heavy atom. The van der Waals surface area contributed by atoms with Crippen molar-refractivity contribution in [1.82, 2.24) is 0 Å². The molecule has 0 heterocycles. The predicted octanol–water partition coefficient (Wildman–Crippen LogP) is 4.65. The molecule has 0 aromatic heterocycles. The van der Waals surface area contributed by atoms with Crippen LogP contribution in [0.4, 0.5) is 4.39 Å². The smallest absolute Gasteiger partial charge is 0.129 e. The Labute approximate surface area is 118 Å². The lowest BCUT2D eigenvalue weighted by Crippen LogP contribution is -2.14. The van der Waals surface area contributed by atoms with Crippen molar-refractivity contribution >= 4 is 11.6 Å². The first-order valence-electron chi connectivity index (χ1n) is 6.30. The molecule has 0 aliphatic heterocycles. The lowest BCUT2D eigenvalue weighted by Gasteiger charge is -2.16. The van der Waals surface area contributed by atoms with Crippen molar-refractivity contribution in [1.29, 1.82) is 0 Å². The average Bonchev–Trinajstić information content (AvgIpc) is 2.38. The van der Waals surface area contributed by atoms with E-state index in [9.17, 15) is 4.39 Å². The summed E-state index contributed by atoms with van der Waals surface area (Å²) in [5.74, 6) is 0.0928. The molecule has 0 aliphatic carbocycles. The summed E-state index contributed by atoms with van der Waals surface area (Å²) in [5.41, 5.74) is 8.56. The molecular weight excluding hydrogens is 261 g/mol. The topological polar surface area (TPSA) is 26.0 Å². The predicted molar refractivity (Wildman–Crippen MR) is 78.0 cm³/mol. The number of benzene rings is 2. The first kappa shape index (κ1) is 14.0. The van der Waals surface area contributed by atoms with Gasteiger partial charge in [0.1, 0.15) is 5.82 Å². The van der Waals surface area contributed by atoms with E-state index in [1.165, 1.54) is 11.6 Å². The number of rotatable bonds is 3. The Balaban J connectivity index is 2.36. The molecular formula is C16H17ClFN. The zero-order chi connectivity index (χ0) is 14.0. The van der Waals surface area contributed by atoms with Crippen LogP contribution in [0.5, 0.6) is 0 Å². The highest BCUT2D eigenvalue weighted by Crippen LogP contribution is 2.29. The van der Waals surface area contributed by atoms with Crippen LogP contribution in [0.1, 0.15) is 42.5 Å². The fraction of sp³-hybridized carbons (Fsp3) is 0.250. The molecule has 3 heteroatoms. The second-order valence-corrected chi connectivity index (χ2v) is 5.34. The highest BCUT2D eigenvalue weighted by molar-refractivity contribution is 6.31. The quantitative estimate of drug-likeness (QED) is 0.868. The molecule has 0 bridgehead atoms. The molecule has 2 aromatic carbocycles. The maximum Gasteiger partial charge on any atom is 0.129 e. The molecule has 2 N–H and O–H groups in total. The Morgan fingerprint density at radius 3 is 2.11 bits per heavy atom. The van der Waals surface area contributed by atoms with Gasteiger partial charge < -0.3 is 5.73 Å². The van der Waals surface area contributed by atoms with E-state index in [0.717, 1.165) is 5.56 Å². The second-order valence-electron chi connectivity index (χ2n) is 4.93. The normalized spacial score (nSPS) is 12.7. The average molecular weight is 278 g/mol. The summed E-state index contributed by atoms with van der Waals surface area (Å²) in [6, 6.07) is 12.0. The van der Waals surface area contributed by atoms with Crippen LogP contribution in [0.3, 0.4) is 0 Å². The molecule has 0 fully saturated rings. The van der Waals surface area contributed by atoms with Gasteiger partial charge in [-0.05, 0) is 29.2 Å². The summed E-state index contributed by atoms with van der Waals surface area (Å²) < 4.78 is 13.8. The number of halogens is 2. The standard InChI is InChI=1S/C16H17ClFN/c1-10(2)11-6-8-12(9-7-11)16(19)15-13(17)4-3-5-14(15)18/h3-10,16H,19H2,1-2H3. The van der Waals surface area contributed by atoms with Crippen LogP contribution in [0.25, 0.3) is 0 Å². The molecule has 0 spiro atoms. The summed E-state index contributed by atoms with van der Waals surface area (Å²) in [6.07, 6.45) is 0. The van der Waals surface area contributed by atoms with Crippen molar-refractivity contribution in [2.45, 2.75) is 25.8 Å². The van der Waals surface area contributed by atoms with Gasteiger partial charge in [0.05, 0.1) is 6.04 Å². The van der Waals surface area contributed by atoms with Gasteiger partial charge in [0.2, 0.25) is 0 Å². The fourth-order valence-electron chi connectivity index (χ4n) is 2.06. The second kappa shape index (κ2) is 5.72. The largest absolute Gasteiger partial charge is 0.320 e. The van der Waals surface area contributed by atoms with Crippen LogP contribution in [0.15, 0.2) is 42.5 Å². The molecule has 19 heavy (non-hydrogen) atoms. The van der Waals surface area contributed by atoms with Crippen molar-refractivity contribution in [2.75, 3.05) is 0 Å². The van der Waals surface area contributed by atoms with E-state index in [1.807, 2.05) is 24.3 Å². The van der Waals surface area contributed by atoms with Crippen LogP contribution >= 0.6 is 11.6 Å². The van der Waals surface area contributed by atoms with Gasteiger partial charge in [0.25, 0.3) is 0 Å². The monoisotopic (exact) mass is 277 g/mol. The molecule has 1 unspecified atom stereocenters. The summed E-state index contributed by atoms with van der Waals surface area (Å²) in [4.78, 5) is 0. The van der Waals surface area contributed by atoms with Crippen molar-refractivity contribution in [3.8, 4) is 0 Å². The van der Waals surface area contributed by atoms with Crippen LogP contribution in [0.2, 0.25) is 5.02 Å². The van der Waals surface area contributed by atoms with E-state index in [1.54, 1.807) is 12.1 Å². The summed E-state index contributed by atoms with van der Waals surface area (Å²) in [6.45, 7) is 4.26. The van der Waals surface area contributed by atoms with Gasteiger partial charge in [-0.2, -0.15) is 0 Å². The van der Waals surface area contributed by atoms with E-state index < -0.39 is 6.04 Å². The Hall–Kier alpha value is -1.38. The van der Waals surface area contributed by atoms with E-state index in [0.29, 0.717) is 16.5 Å². The molecule has 100 valence electrons. The molecule has 1 atom stereocenters. The molecule has 0 saturated heterocycles. The third-order valence-electron chi connectivity index (χ3n) is 3.27. The highest BCUT2D eigenvalue weighted by atomic mass is 35.5. The summed E-state index contributed by atoms with van der Waals surface area (Å²) in [7, 11) is 0. The third-order valence-corrected chi connectivity index (χ3v) is 3.60. The molecule has 0 aliphatic rings. The lowest BCUT2D eigenvalue weighted by molar-refractivity contribution is 0.600. The first-order valence-corrected chi connectivity index (χ1v) is 6.68. The zero-order valence-corrected chi connectivity index (χ0v) is 11.8. The van der Waals surface area contributed by atoms with Crippen LogP contribution < -0.4 is 5.73 Å². The molecule has 2 aromatic rings. The van der Waals surface area contributed by atoms with E-state index in [4.69, 9.17) is 17.3 Å². The fourth-order valence-corrected chi connectivity index (χ4v) is 2.34. The van der Waals surface area contributed by atoms with Gasteiger partial charge in [-0.1, -0.05) is 55.8 Å². The van der Waals surface area contributed by atoms with Gasteiger partial charge in [-0.25, -0.2) is 4.39 Å². The molecule has 0 amide bonds. The molecule has 1 nitrogen and oxygen atoms in total. The van der Waals surface area contributed by atoms with E-state index in [2.05, 4.69) is 13.8 Å². The Bertz CT molecular complexity index is 543. The van der Waals surface area contributed by atoms with Crippen molar-refractivity contribution in [3.05, 3.63) is 70.0 Å². The van der Waals surface area contributed by atoms with Gasteiger partial charge in [-0.15, -0.1) is 0 Å². The molecule has 0 radical (unpaired) electrons. The lowest BCUT2D eigenvalue weighted by atomic mass is 9.95. The minimum atomic E-state index is -0.546. The molecule has 2 rings (SSSR count). The van der Waals surface area contributed by atoms with E-state index in [-0.39, 0.29) is 5.82 Å². The van der Waals surface area contributed by atoms with Crippen molar-refractivity contribution in [3.63, 3.8) is 0 Å². The number of nitrogens with two attached hydrogens (primary N) is 1. The van der Waals surface area contributed by atoms with Crippen LogP contribution in [0, 0.1) is 5.82 Å². The van der Waals surface area contributed by atoms with Gasteiger partial charge in [0, 0.05) is 10.6 Å². The van der Waals surface area contributed by atoms with Crippen LogP contribution in [-0.4, -0.2) is 0 Å². The maximum absolute atomic E-state index is 13.8. The zero-order valence-electron chi connectivity index (χ0n) is 11.0. The van der Waals surface area contributed by atoms with Gasteiger partial charge in [0.15, 0.2) is 0 Å². The number of hydrogen-bond acceptors (Lipinski definition) is 1. The van der Waals surface area contributed by atoms with E-state index >= 15 is 0 Å².